The number of hydrogen-bond acceptors (Lipinski definition) is 4. The van der Waals surface area contributed by atoms with Crippen LogP contribution in [0.1, 0.15) is 10.4 Å². The standard InChI is InChI=1S/C15H19N3S/c1-13-3-2-4-14(9-13)18-7-5-17(6-8-18)11-15-10-16-12-19-15/h2-4,9-10,12H,5-8,11H2,1H3. The van der Waals surface area contributed by atoms with Crippen molar-refractivity contribution in [3.05, 3.63) is 46.4 Å². The maximum atomic E-state index is 4.14. The molecule has 3 rings (SSSR count). The van der Waals surface area contributed by atoms with Gasteiger partial charge in [-0.25, -0.2) is 0 Å². The van der Waals surface area contributed by atoms with E-state index in [-0.39, 0.29) is 0 Å². The van der Waals surface area contributed by atoms with E-state index in [0.717, 1.165) is 32.7 Å². The Morgan fingerprint density at radius 1 is 1.21 bits per heavy atom. The molecule has 0 N–H and O–H groups in total. The summed E-state index contributed by atoms with van der Waals surface area (Å²) in [4.78, 5) is 10.5. The molecule has 2 heterocycles. The third kappa shape index (κ3) is 3.14. The maximum Gasteiger partial charge on any atom is 0.0794 e. The Hall–Kier alpha value is -1.39. The molecule has 0 unspecified atom stereocenters. The number of benzene rings is 1. The molecular formula is C15H19N3S. The lowest BCUT2D eigenvalue weighted by molar-refractivity contribution is 0.252. The van der Waals surface area contributed by atoms with Crippen molar-refractivity contribution in [3.8, 4) is 0 Å². The zero-order valence-electron chi connectivity index (χ0n) is 11.2. The summed E-state index contributed by atoms with van der Waals surface area (Å²) in [5, 5.41) is 0. The van der Waals surface area contributed by atoms with Crippen molar-refractivity contribution in [1.29, 1.82) is 0 Å². The summed E-state index contributed by atoms with van der Waals surface area (Å²) in [5.41, 5.74) is 4.61. The molecule has 1 aromatic carbocycles. The highest BCUT2D eigenvalue weighted by Crippen LogP contribution is 2.19. The van der Waals surface area contributed by atoms with E-state index in [2.05, 4.69) is 46.0 Å². The second-order valence-corrected chi connectivity index (χ2v) is 6.04. The second-order valence-electron chi connectivity index (χ2n) is 5.07. The molecule has 0 saturated carbocycles. The predicted molar refractivity (Wildman–Crippen MR) is 80.8 cm³/mol. The van der Waals surface area contributed by atoms with Gasteiger partial charge in [-0.05, 0) is 24.6 Å². The van der Waals surface area contributed by atoms with E-state index in [9.17, 15) is 0 Å². The third-order valence-corrected chi connectivity index (χ3v) is 4.37. The van der Waals surface area contributed by atoms with Crippen LogP contribution in [0.3, 0.4) is 0 Å². The Bertz CT molecular complexity index is 516. The van der Waals surface area contributed by atoms with Crippen LogP contribution in [0.2, 0.25) is 0 Å². The van der Waals surface area contributed by atoms with Gasteiger partial charge in [0.2, 0.25) is 0 Å². The minimum atomic E-state index is 1.05. The van der Waals surface area contributed by atoms with Crippen LogP contribution in [0.25, 0.3) is 0 Å². The highest BCUT2D eigenvalue weighted by molar-refractivity contribution is 7.09. The Labute approximate surface area is 118 Å². The molecule has 0 atom stereocenters. The topological polar surface area (TPSA) is 19.4 Å². The average Bonchev–Trinajstić information content (AvgIpc) is 2.92. The largest absolute Gasteiger partial charge is 0.369 e. The third-order valence-electron chi connectivity index (χ3n) is 3.60. The van der Waals surface area contributed by atoms with Crippen molar-refractivity contribution in [3.63, 3.8) is 0 Å². The Balaban J connectivity index is 1.57. The Morgan fingerprint density at radius 2 is 2.05 bits per heavy atom. The molecule has 1 aliphatic heterocycles. The number of aryl methyl sites for hydroxylation is 1. The molecule has 2 aromatic rings. The van der Waals surface area contributed by atoms with E-state index >= 15 is 0 Å². The molecule has 1 aliphatic rings. The lowest BCUT2D eigenvalue weighted by Crippen LogP contribution is -2.45. The quantitative estimate of drug-likeness (QED) is 0.857. The molecule has 0 bridgehead atoms. The normalized spacial score (nSPS) is 16.8. The smallest absolute Gasteiger partial charge is 0.0794 e. The molecule has 1 aromatic heterocycles. The highest BCUT2D eigenvalue weighted by atomic mass is 32.1. The first-order valence-electron chi connectivity index (χ1n) is 6.72. The molecule has 0 aliphatic carbocycles. The molecule has 3 nitrogen and oxygen atoms in total. The molecule has 4 heteroatoms. The van der Waals surface area contributed by atoms with Gasteiger partial charge in [-0.2, -0.15) is 0 Å². The van der Waals surface area contributed by atoms with Crippen molar-refractivity contribution in [2.24, 2.45) is 0 Å². The van der Waals surface area contributed by atoms with Gasteiger partial charge < -0.3 is 4.90 Å². The molecule has 1 fully saturated rings. The van der Waals surface area contributed by atoms with Crippen molar-refractivity contribution in [2.45, 2.75) is 13.5 Å². The number of aromatic nitrogens is 1. The first-order valence-corrected chi connectivity index (χ1v) is 7.60. The van der Waals surface area contributed by atoms with Crippen molar-refractivity contribution in [2.75, 3.05) is 31.1 Å². The summed E-state index contributed by atoms with van der Waals surface area (Å²) in [6.45, 7) is 7.69. The molecule has 0 amide bonds. The molecule has 0 spiro atoms. The minimum Gasteiger partial charge on any atom is -0.369 e. The van der Waals surface area contributed by atoms with Crippen molar-refractivity contribution < 1.29 is 0 Å². The average molecular weight is 273 g/mol. The maximum absolute atomic E-state index is 4.14. The summed E-state index contributed by atoms with van der Waals surface area (Å²) in [6.07, 6.45) is 1.98. The fourth-order valence-corrected chi connectivity index (χ4v) is 3.17. The first kappa shape index (κ1) is 12.6. The van der Waals surface area contributed by atoms with Gasteiger partial charge in [0.25, 0.3) is 0 Å². The number of hydrogen-bond donors (Lipinski definition) is 0. The molecule has 1 saturated heterocycles. The SMILES string of the molecule is Cc1cccc(N2CCN(Cc3cncs3)CC2)c1. The fraction of sp³-hybridized carbons (Fsp3) is 0.400. The molecule has 0 radical (unpaired) electrons. The van der Waals surface area contributed by atoms with Crippen LogP contribution in [0.4, 0.5) is 5.69 Å². The summed E-state index contributed by atoms with van der Waals surface area (Å²) >= 11 is 1.75. The van der Waals surface area contributed by atoms with E-state index in [1.807, 2.05) is 11.7 Å². The van der Waals surface area contributed by atoms with Gasteiger partial charge in [0, 0.05) is 49.5 Å². The predicted octanol–water partition coefficient (Wildman–Crippen LogP) is 2.77. The van der Waals surface area contributed by atoms with Gasteiger partial charge in [0.15, 0.2) is 0 Å². The zero-order valence-corrected chi connectivity index (χ0v) is 12.1. The van der Waals surface area contributed by atoms with Gasteiger partial charge in [0.05, 0.1) is 5.51 Å². The number of piperazine rings is 1. The van der Waals surface area contributed by atoms with Crippen LogP contribution in [0.5, 0.6) is 0 Å². The molecule has 100 valence electrons. The lowest BCUT2D eigenvalue weighted by atomic mass is 10.2. The molecular weight excluding hydrogens is 254 g/mol. The molecule has 19 heavy (non-hydrogen) atoms. The van der Waals surface area contributed by atoms with Crippen LogP contribution < -0.4 is 4.90 Å². The number of nitrogens with zero attached hydrogens (tertiary/aromatic N) is 3. The Morgan fingerprint density at radius 3 is 2.74 bits per heavy atom. The van der Waals surface area contributed by atoms with E-state index in [4.69, 9.17) is 0 Å². The number of rotatable bonds is 3. The van der Waals surface area contributed by atoms with Gasteiger partial charge >= 0.3 is 0 Å². The summed E-state index contributed by atoms with van der Waals surface area (Å²) in [7, 11) is 0. The van der Waals surface area contributed by atoms with Crippen molar-refractivity contribution in [1.82, 2.24) is 9.88 Å². The summed E-state index contributed by atoms with van der Waals surface area (Å²) in [6, 6.07) is 8.79. The second kappa shape index (κ2) is 5.72. The van der Waals surface area contributed by atoms with Gasteiger partial charge in [-0.1, -0.05) is 12.1 Å². The first-order chi connectivity index (χ1) is 9.31. The van der Waals surface area contributed by atoms with Crippen LogP contribution in [-0.4, -0.2) is 36.1 Å². The summed E-state index contributed by atoms with van der Waals surface area (Å²) in [5.74, 6) is 0. The van der Waals surface area contributed by atoms with Crippen LogP contribution >= 0.6 is 11.3 Å². The number of anilines is 1. The minimum absolute atomic E-state index is 1.05. The van der Waals surface area contributed by atoms with Gasteiger partial charge in [0.1, 0.15) is 0 Å². The van der Waals surface area contributed by atoms with E-state index in [1.54, 1.807) is 11.3 Å². The van der Waals surface area contributed by atoms with E-state index in [0.29, 0.717) is 0 Å². The van der Waals surface area contributed by atoms with Crippen LogP contribution in [-0.2, 0) is 6.54 Å². The van der Waals surface area contributed by atoms with Crippen molar-refractivity contribution >= 4 is 17.0 Å². The fourth-order valence-electron chi connectivity index (χ4n) is 2.53. The number of thiazole rings is 1. The zero-order chi connectivity index (χ0) is 13.1. The monoisotopic (exact) mass is 273 g/mol. The van der Waals surface area contributed by atoms with E-state index in [1.165, 1.54) is 16.1 Å². The summed E-state index contributed by atoms with van der Waals surface area (Å²) < 4.78 is 0. The van der Waals surface area contributed by atoms with Crippen LogP contribution in [0, 0.1) is 6.92 Å². The lowest BCUT2D eigenvalue weighted by Gasteiger charge is -2.36. The van der Waals surface area contributed by atoms with E-state index < -0.39 is 0 Å². The van der Waals surface area contributed by atoms with Crippen LogP contribution in [0.15, 0.2) is 36.0 Å². The Kier molecular flexibility index (Phi) is 3.80. The van der Waals surface area contributed by atoms with Gasteiger partial charge in [-0.15, -0.1) is 11.3 Å². The van der Waals surface area contributed by atoms with Gasteiger partial charge in [-0.3, -0.25) is 9.88 Å². The highest BCUT2D eigenvalue weighted by Gasteiger charge is 2.17.